The first-order valence-electron chi connectivity index (χ1n) is 11.6. The van der Waals surface area contributed by atoms with Crippen molar-refractivity contribution >= 4 is 22.6 Å². The summed E-state index contributed by atoms with van der Waals surface area (Å²) >= 11 is 0. The number of hydrogen-bond acceptors (Lipinski definition) is 4. The normalized spacial score (nSPS) is 14.2. The smallest absolute Gasteiger partial charge is 0.275 e. The Kier molecular flexibility index (Phi) is 6.87. The number of aryl methyl sites for hydroxylation is 1. The Morgan fingerprint density at radius 1 is 0.879 bits per heavy atom. The van der Waals surface area contributed by atoms with E-state index in [0.29, 0.717) is 49.1 Å². The molecule has 7 heteroatoms. The summed E-state index contributed by atoms with van der Waals surface area (Å²) in [4.78, 5) is 42.3. The molecule has 0 saturated carbocycles. The fourth-order valence-corrected chi connectivity index (χ4v) is 4.27. The lowest BCUT2D eigenvalue weighted by Gasteiger charge is -2.35. The molecule has 3 aromatic rings. The fraction of sp³-hybridized carbons (Fsp3) is 0.385. The highest BCUT2D eigenvalue weighted by atomic mass is 16.2. The zero-order valence-electron chi connectivity index (χ0n) is 19.2. The van der Waals surface area contributed by atoms with Crippen LogP contribution >= 0.6 is 0 Å². The van der Waals surface area contributed by atoms with E-state index in [1.54, 1.807) is 23.1 Å². The van der Waals surface area contributed by atoms with Crippen LogP contribution in [-0.4, -0.2) is 57.6 Å². The number of amides is 2. The van der Waals surface area contributed by atoms with Gasteiger partial charge in [-0.05, 0) is 38.3 Å². The number of benzene rings is 2. The number of carbonyl (C=O) groups excluding carboxylic acids is 2. The monoisotopic (exact) mass is 446 g/mol. The van der Waals surface area contributed by atoms with Crippen LogP contribution in [0.2, 0.25) is 0 Å². The largest absolute Gasteiger partial charge is 0.339 e. The lowest BCUT2D eigenvalue weighted by atomic mass is 10.1. The van der Waals surface area contributed by atoms with E-state index in [9.17, 15) is 14.4 Å². The summed E-state index contributed by atoms with van der Waals surface area (Å²) in [6.07, 6.45) is 2.21. The number of aromatic nitrogens is 2. The second kappa shape index (κ2) is 9.98. The maximum absolute atomic E-state index is 13.3. The van der Waals surface area contributed by atoms with Gasteiger partial charge in [-0.1, -0.05) is 48.5 Å². The van der Waals surface area contributed by atoms with E-state index in [0.717, 1.165) is 12.8 Å². The van der Waals surface area contributed by atoms with Gasteiger partial charge in [0.05, 0.1) is 11.4 Å². The van der Waals surface area contributed by atoms with Crippen molar-refractivity contribution in [1.82, 2.24) is 19.6 Å². The highest BCUT2D eigenvalue weighted by molar-refractivity contribution is 6.04. The molecule has 4 rings (SSSR count). The highest BCUT2D eigenvalue weighted by Crippen LogP contribution is 2.18. The fourth-order valence-electron chi connectivity index (χ4n) is 4.27. The Morgan fingerprint density at radius 2 is 1.48 bits per heavy atom. The molecule has 0 N–H and O–H groups in total. The van der Waals surface area contributed by atoms with E-state index >= 15 is 0 Å². The summed E-state index contributed by atoms with van der Waals surface area (Å²) in [5.74, 6) is -0.0632. The van der Waals surface area contributed by atoms with Gasteiger partial charge in [0, 0.05) is 38.0 Å². The van der Waals surface area contributed by atoms with E-state index in [2.05, 4.69) is 17.2 Å². The van der Waals surface area contributed by atoms with Crippen molar-refractivity contribution in [2.45, 2.75) is 39.2 Å². The molecule has 0 spiro atoms. The summed E-state index contributed by atoms with van der Waals surface area (Å²) in [6.45, 7) is 5.69. The van der Waals surface area contributed by atoms with E-state index in [4.69, 9.17) is 0 Å². The second-order valence-corrected chi connectivity index (χ2v) is 8.75. The lowest BCUT2D eigenvalue weighted by molar-refractivity contribution is -0.132. The Labute approximate surface area is 193 Å². The van der Waals surface area contributed by atoms with Crippen LogP contribution in [0.1, 0.15) is 48.8 Å². The minimum Gasteiger partial charge on any atom is -0.339 e. The van der Waals surface area contributed by atoms with E-state index in [1.807, 2.05) is 43.0 Å². The second-order valence-electron chi connectivity index (χ2n) is 8.75. The van der Waals surface area contributed by atoms with Gasteiger partial charge in [-0.15, -0.1) is 0 Å². The Morgan fingerprint density at radius 3 is 2.15 bits per heavy atom. The van der Waals surface area contributed by atoms with Crippen LogP contribution in [0.5, 0.6) is 0 Å². The Balaban J connectivity index is 1.40. The summed E-state index contributed by atoms with van der Waals surface area (Å²) in [7, 11) is 0. The number of carbonyl (C=O) groups is 2. The van der Waals surface area contributed by atoms with Crippen molar-refractivity contribution in [3.8, 4) is 0 Å². The average Bonchev–Trinajstić information content (AvgIpc) is 2.84. The van der Waals surface area contributed by atoms with Gasteiger partial charge >= 0.3 is 0 Å². The highest BCUT2D eigenvalue weighted by Gasteiger charge is 2.27. The number of hydrogen-bond donors (Lipinski definition) is 0. The molecule has 0 unspecified atom stereocenters. The molecule has 0 bridgehead atoms. The topological polar surface area (TPSA) is 75.5 Å². The molecular weight excluding hydrogens is 416 g/mol. The van der Waals surface area contributed by atoms with Crippen LogP contribution in [-0.2, 0) is 11.2 Å². The first-order chi connectivity index (χ1) is 16.0. The summed E-state index contributed by atoms with van der Waals surface area (Å²) in [5.41, 5.74) is 1.34. The third-order valence-corrected chi connectivity index (χ3v) is 6.14. The van der Waals surface area contributed by atoms with Gasteiger partial charge in [-0.3, -0.25) is 14.4 Å². The van der Waals surface area contributed by atoms with Crippen LogP contribution in [0.15, 0.2) is 59.4 Å². The van der Waals surface area contributed by atoms with Crippen molar-refractivity contribution in [2.24, 2.45) is 0 Å². The third-order valence-electron chi connectivity index (χ3n) is 6.14. The predicted molar refractivity (Wildman–Crippen MR) is 128 cm³/mol. The van der Waals surface area contributed by atoms with Crippen LogP contribution < -0.4 is 5.56 Å². The third kappa shape index (κ3) is 4.97. The molecule has 2 heterocycles. The molecule has 33 heavy (non-hydrogen) atoms. The lowest BCUT2D eigenvalue weighted by Crippen LogP contribution is -2.51. The van der Waals surface area contributed by atoms with Gasteiger partial charge in [0.1, 0.15) is 0 Å². The van der Waals surface area contributed by atoms with Crippen molar-refractivity contribution < 1.29 is 9.59 Å². The zero-order chi connectivity index (χ0) is 23.4. The molecule has 1 saturated heterocycles. The molecule has 1 fully saturated rings. The standard InChI is InChI=1S/C26H30N4O3/c1-19(2)30-25(32)22-13-7-6-12-21(22)24(27-30)26(33)29-17-15-28(16-18-29)23(31)14-8-11-20-9-4-3-5-10-20/h3-7,9-10,12-13,19H,8,11,14-18H2,1-2H3. The number of piperazine rings is 1. The molecule has 1 aliphatic heterocycles. The molecule has 1 aromatic heterocycles. The van der Waals surface area contributed by atoms with Crippen LogP contribution in [0.3, 0.4) is 0 Å². The zero-order valence-corrected chi connectivity index (χ0v) is 19.2. The number of fused-ring (bicyclic) bond motifs is 1. The molecule has 7 nitrogen and oxygen atoms in total. The van der Waals surface area contributed by atoms with Gasteiger partial charge < -0.3 is 9.80 Å². The minimum absolute atomic E-state index is 0.134. The first-order valence-corrected chi connectivity index (χ1v) is 11.6. The molecule has 0 aliphatic carbocycles. The van der Waals surface area contributed by atoms with Crippen molar-refractivity contribution in [3.63, 3.8) is 0 Å². The minimum atomic E-state index is -0.197. The van der Waals surface area contributed by atoms with Gasteiger partial charge in [0.25, 0.3) is 11.5 Å². The van der Waals surface area contributed by atoms with Crippen LogP contribution in [0.25, 0.3) is 10.8 Å². The maximum Gasteiger partial charge on any atom is 0.275 e. The molecule has 2 amide bonds. The van der Waals surface area contributed by atoms with Gasteiger partial charge in [0.2, 0.25) is 5.91 Å². The van der Waals surface area contributed by atoms with Crippen LogP contribution in [0.4, 0.5) is 0 Å². The predicted octanol–water partition coefficient (Wildman–Crippen LogP) is 3.28. The molecule has 2 aromatic carbocycles. The van der Waals surface area contributed by atoms with Crippen molar-refractivity contribution in [1.29, 1.82) is 0 Å². The molecule has 0 atom stereocenters. The van der Waals surface area contributed by atoms with Crippen molar-refractivity contribution in [2.75, 3.05) is 26.2 Å². The van der Waals surface area contributed by atoms with Gasteiger partial charge in [0.15, 0.2) is 5.69 Å². The first kappa shape index (κ1) is 22.7. The van der Waals surface area contributed by atoms with Crippen LogP contribution in [0, 0.1) is 0 Å². The Hall–Kier alpha value is -3.48. The Bertz CT molecular complexity index is 1200. The maximum atomic E-state index is 13.3. The number of nitrogens with zero attached hydrogens (tertiary/aromatic N) is 4. The molecular formula is C26H30N4O3. The quantitative estimate of drug-likeness (QED) is 0.582. The van der Waals surface area contributed by atoms with E-state index < -0.39 is 0 Å². The average molecular weight is 447 g/mol. The molecule has 1 aliphatic rings. The van der Waals surface area contributed by atoms with Crippen molar-refractivity contribution in [3.05, 3.63) is 76.2 Å². The van der Waals surface area contributed by atoms with Gasteiger partial charge in [-0.25, -0.2) is 4.68 Å². The summed E-state index contributed by atoms with van der Waals surface area (Å²) in [5, 5.41) is 5.50. The number of rotatable bonds is 6. The van der Waals surface area contributed by atoms with E-state index in [-0.39, 0.29) is 23.4 Å². The summed E-state index contributed by atoms with van der Waals surface area (Å²) in [6, 6.07) is 17.1. The summed E-state index contributed by atoms with van der Waals surface area (Å²) < 4.78 is 1.38. The SMILES string of the molecule is CC(C)n1nc(C(=O)N2CCN(C(=O)CCCc3ccccc3)CC2)c2ccccc2c1=O. The molecule has 172 valence electrons. The van der Waals surface area contributed by atoms with E-state index in [1.165, 1.54) is 10.2 Å². The molecule has 0 radical (unpaired) electrons. The van der Waals surface area contributed by atoms with Gasteiger partial charge in [-0.2, -0.15) is 5.10 Å².